The van der Waals surface area contributed by atoms with Crippen molar-refractivity contribution in [1.29, 1.82) is 0 Å². The lowest BCUT2D eigenvalue weighted by molar-refractivity contribution is -0.137. The summed E-state index contributed by atoms with van der Waals surface area (Å²) in [5.41, 5.74) is 0.344. The number of benzene rings is 2. The number of rotatable bonds is 4. The molecule has 0 radical (unpaired) electrons. The third-order valence-corrected chi connectivity index (χ3v) is 5.02. The molecule has 5 nitrogen and oxygen atoms in total. The Balaban J connectivity index is 1.57. The highest BCUT2D eigenvalue weighted by molar-refractivity contribution is 6.30. The maximum absolute atomic E-state index is 13.0. The van der Waals surface area contributed by atoms with Crippen molar-refractivity contribution in [1.82, 2.24) is 15.0 Å². The molecule has 0 bridgehead atoms. The van der Waals surface area contributed by atoms with Gasteiger partial charge in [-0.3, -0.25) is 4.79 Å². The molecule has 1 unspecified atom stereocenters. The Morgan fingerprint density at radius 2 is 1.93 bits per heavy atom. The summed E-state index contributed by atoms with van der Waals surface area (Å²) in [6, 6.07) is 11.4. The minimum atomic E-state index is -4.44. The fraction of sp³-hybridized carbons (Fsp3) is 0.250. The van der Waals surface area contributed by atoms with E-state index < -0.39 is 17.8 Å². The molecule has 1 saturated heterocycles. The lowest BCUT2D eigenvalue weighted by Crippen LogP contribution is -2.27. The monoisotopic (exact) mass is 421 g/mol. The van der Waals surface area contributed by atoms with Gasteiger partial charge in [0.2, 0.25) is 17.6 Å². The van der Waals surface area contributed by atoms with Gasteiger partial charge in [0.15, 0.2) is 0 Å². The van der Waals surface area contributed by atoms with Crippen LogP contribution in [0, 0.1) is 0 Å². The number of amides is 1. The molecule has 2 aromatic carbocycles. The van der Waals surface area contributed by atoms with Gasteiger partial charge < -0.3 is 9.42 Å². The van der Waals surface area contributed by atoms with E-state index in [1.54, 1.807) is 30.3 Å². The number of nitrogens with zero attached hydrogens (tertiary/aromatic N) is 3. The molecule has 9 heteroatoms. The van der Waals surface area contributed by atoms with Gasteiger partial charge in [0.05, 0.1) is 5.56 Å². The Labute approximate surface area is 169 Å². The highest BCUT2D eigenvalue weighted by atomic mass is 35.5. The zero-order valence-corrected chi connectivity index (χ0v) is 15.7. The van der Waals surface area contributed by atoms with Crippen LogP contribution in [0.5, 0.6) is 0 Å². The highest BCUT2D eigenvalue weighted by Crippen LogP contribution is 2.35. The van der Waals surface area contributed by atoms with E-state index in [1.807, 2.05) is 0 Å². The van der Waals surface area contributed by atoms with Crippen LogP contribution in [0.4, 0.5) is 13.2 Å². The molecular formula is C20H15ClF3N3O2. The first-order valence-corrected chi connectivity index (χ1v) is 9.24. The van der Waals surface area contributed by atoms with Gasteiger partial charge >= 0.3 is 6.18 Å². The number of alkyl halides is 3. The zero-order valence-electron chi connectivity index (χ0n) is 15.0. The first-order chi connectivity index (χ1) is 13.8. The van der Waals surface area contributed by atoms with Crippen LogP contribution in [0.2, 0.25) is 5.02 Å². The zero-order chi connectivity index (χ0) is 20.6. The maximum atomic E-state index is 13.0. The van der Waals surface area contributed by atoms with Crippen molar-refractivity contribution in [3.8, 4) is 11.4 Å². The molecule has 0 spiro atoms. The van der Waals surface area contributed by atoms with Crippen molar-refractivity contribution in [2.45, 2.75) is 31.6 Å². The van der Waals surface area contributed by atoms with Gasteiger partial charge in [-0.05, 0) is 48.4 Å². The second-order valence-electron chi connectivity index (χ2n) is 6.74. The average Bonchev–Trinajstić information content (AvgIpc) is 3.30. The highest BCUT2D eigenvalue weighted by Gasteiger charge is 2.36. The second-order valence-corrected chi connectivity index (χ2v) is 7.17. The molecule has 3 aromatic rings. The number of halogens is 4. The minimum absolute atomic E-state index is 0.0338. The third-order valence-electron chi connectivity index (χ3n) is 4.76. The normalized spacial score (nSPS) is 17.2. The summed E-state index contributed by atoms with van der Waals surface area (Å²) in [7, 11) is 0. The topological polar surface area (TPSA) is 59.2 Å². The van der Waals surface area contributed by atoms with E-state index in [-0.39, 0.29) is 24.8 Å². The van der Waals surface area contributed by atoms with Crippen molar-refractivity contribution in [3.05, 3.63) is 70.6 Å². The summed E-state index contributed by atoms with van der Waals surface area (Å²) >= 11 is 5.88. The first-order valence-electron chi connectivity index (χ1n) is 8.86. The van der Waals surface area contributed by atoms with Crippen LogP contribution in [0.3, 0.4) is 0 Å². The minimum Gasteiger partial charge on any atom is -0.337 e. The smallest absolute Gasteiger partial charge is 0.337 e. The number of hydrogen-bond acceptors (Lipinski definition) is 4. The van der Waals surface area contributed by atoms with Crippen molar-refractivity contribution in [2.75, 3.05) is 0 Å². The Morgan fingerprint density at radius 3 is 2.66 bits per heavy atom. The summed E-state index contributed by atoms with van der Waals surface area (Å²) in [6.07, 6.45) is -3.72. The van der Waals surface area contributed by atoms with Gasteiger partial charge in [-0.25, -0.2) is 0 Å². The molecule has 1 aromatic heterocycles. The molecule has 1 atom stereocenters. The number of aromatic nitrogens is 2. The van der Waals surface area contributed by atoms with Crippen molar-refractivity contribution >= 4 is 17.5 Å². The molecule has 0 saturated carbocycles. The summed E-state index contributed by atoms with van der Waals surface area (Å²) in [5.74, 6) is 0.446. The first kappa shape index (κ1) is 19.4. The molecular weight excluding hydrogens is 407 g/mol. The van der Waals surface area contributed by atoms with Gasteiger partial charge in [-0.15, -0.1) is 0 Å². The number of carbonyl (C=O) groups is 1. The van der Waals surface area contributed by atoms with E-state index in [1.165, 1.54) is 11.0 Å². The van der Waals surface area contributed by atoms with E-state index in [0.29, 0.717) is 28.4 Å². The lowest BCUT2D eigenvalue weighted by atomic mass is 10.1. The summed E-state index contributed by atoms with van der Waals surface area (Å²) < 4.78 is 44.3. The number of hydrogen-bond donors (Lipinski definition) is 0. The largest absolute Gasteiger partial charge is 0.416 e. The quantitative estimate of drug-likeness (QED) is 0.575. The second kappa shape index (κ2) is 7.51. The van der Waals surface area contributed by atoms with Gasteiger partial charge in [0.1, 0.15) is 6.04 Å². The van der Waals surface area contributed by atoms with E-state index in [0.717, 1.165) is 12.1 Å². The van der Waals surface area contributed by atoms with Crippen LogP contribution in [-0.4, -0.2) is 20.9 Å². The molecule has 150 valence electrons. The molecule has 2 heterocycles. The number of likely N-dealkylation sites (tertiary alicyclic amines) is 1. The molecule has 0 aliphatic carbocycles. The van der Waals surface area contributed by atoms with Crippen LogP contribution in [0.25, 0.3) is 11.4 Å². The van der Waals surface area contributed by atoms with Crippen LogP contribution in [-0.2, 0) is 17.5 Å². The molecule has 1 amide bonds. The molecule has 1 aliphatic heterocycles. The van der Waals surface area contributed by atoms with E-state index >= 15 is 0 Å². The van der Waals surface area contributed by atoms with Crippen molar-refractivity contribution < 1.29 is 22.5 Å². The van der Waals surface area contributed by atoms with Gasteiger partial charge in [-0.2, -0.15) is 18.2 Å². The van der Waals surface area contributed by atoms with Crippen LogP contribution >= 0.6 is 11.6 Å². The van der Waals surface area contributed by atoms with Gasteiger partial charge in [0, 0.05) is 23.6 Å². The number of carbonyl (C=O) groups excluding carboxylic acids is 1. The fourth-order valence-corrected chi connectivity index (χ4v) is 3.44. The standard InChI is InChI=1S/C20H15ClF3N3O2/c21-15-6-4-13(5-7-15)18-25-19(29-26-18)16-8-9-17(28)27(16)11-12-2-1-3-14(10-12)20(22,23)24/h1-7,10,16H,8-9,11H2. The SMILES string of the molecule is O=C1CCC(c2nc(-c3ccc(Cl)cc3)no2)N1Cc1cccc(C(F)(F)F)c1. The Kier molecular flexibility index (Phi) is 5.04. The molecule has 1 fully saturated rings. The molecule has 1 aliphatic rings. The van der Waals surface area contributed by atoms with Crippen LogP contribution < -0.4 is 0 Å². The third kappa shape index (κ3) is 4.12. The van der Waals surface area contributed by atoms with E-state index in [9.17, 15) is 18.0 Å². The Hall–Kier alpha value is -2.87. The van der Waals surface area contributed by atoms with E-state index in [2.05, 4.69) is 10.1 Å². The maximum Gasteiger partial charge on any atom is 0.416 e. The predicted octanol–water partition coefficient (Wildman–Crippen LogP) is 5.27. The summed E-state index contributed by atoms with van der Waals surface area (Å²) in [5, 5.41) is 4.53. The average molecular weight is 422 g/mol. The predicted molar refractivity (Wildman–Crippen MR) is 98.7 cm³/mol. The van der Waals surface area contributed by atoms with Gasteiger partial charge in [0.25, 0.3) is 0 Å². The van der Waals surface area contributed by atoms with E-state index in [4.69, 9.17) is 16.1 Å². The Bertz CT molecular complexity index is 1030. The summed E-state index contributed by atoms with van der Waals surface area (Å²) in [6.45, 7) is 0.0338. The van der Waals surface area contributed by atoms with Crippen LogP contribution in [0.15, 0.2) is 53.1 Å². The van der Waals surface area contributed by atoms with Crippen LogP contribution in [0.1, 0.15) is 35.9 Å². The van der Waals surface area contributed by atoms with Crippen molar-refractivity contribution in [2.24, 2.45) is 0 Å². The summed E-state index contributed by atoms with van der Waals surface area (Å²) in [4.78, 5) is 18.2. The van der Waals surface area contributed by atoms with Gasteiger partial charge in [-0.1, -0.05) is 28.9 Å². The fourth-order valence-electron chi connectivity index (χ4n) is 3.32. The molecule has 4 rings (SSSR count). The molecule has 29 heavy (non-hydrogen) atoms. The lowest BCUT2D eigenvalue weighted by Gasteiger charge is -2.22. The Morgan fingerprint density at radius 1 is 1.17 bits per heavy atom. The van der Waals surface area contributed by atoms with Crippen molar-refractivity contribution in [3.63, 3.8) is 0 Å². The molecule has 0 N–H and O–H groups in total.